The van der Waals surface area contributed by atoms with Crippen molar-refractivity contribution in [3.63, 3.8) is 0 Å². The van der Waals surface area contributed by atoms with Gasteiger partial charge in [-0.05, 0) is 66.3 Å². The average Bonchev–Trinajstić information content (AvgIpc) is 3.46. The summed E-state index contributed by atoms with van der Waals surface area (Å²) >= 11 is 0. The lowest BCUT2D eigenvalue weighted by Gasteiger charge is -2.25. The number of carbonyl (C=O) groups is 2. The van der Waals surface area contributed by atoms with Gasteiger partial charge in [0.2, 0.25) is 0 Å². The highest BCUT2D eigenvalue weighted by molar-refractivity contribution is 6.46. The first-order valence-corrected chi connectivity index (χ1v) is 11.2. The second kappa shape index (κ2) is 8.62. The monoisotopic (exact) mass is 443 g/mol. The van der Waals surface area contributed by atoms with E-state index in [9.17, 15) is 14.7 Å². The van der Waals surface area contributed by atoms with Crippen LogP contribution in [-0.4, -0.2) is 28.3 Å². The van der Waals surface area contributed by atoms with Crippen LogP contribution in [0.3, 0.4) is 0 Å². The number of carbonyl (C=O) groups excluding carboxylic acids is 2. The topological polar surface area (TPSA) is 80.0 Å². The molecule has 1 unspecified atom stereocenters. The van der Waals surface area contributed by atoms with Crippen LogP contribution in [0.1, 0.15) is 47.4 Å². The lowest BCUT2D eigenvalue weighted by Crippen LogP contribution is -2.29. The molecule has 168 valence electrons. The highest BCUT2D eigenvalue weighted by Crippen LogP contribution is 2.41. The Morgan fingerprint density at radius 1 is 1.12 bits per heavy atom. The standard InChI is InChI=1S/C27H25NO5/c1-2-17-7-9-18(10-8-17)24-23(26(30)27(31)28(24)16-21-6-4-13-32-21)25(29)20-11-12-22-19(15-20)5-3-14-33-22/h4,6-13,15,24,29H,2-3,5,14,16H2,1H3/b25-23-. The second-order valence-corrected chi connectivity index (χ2v) is 8.38. The fraction of sp³-hybridized carbons (Fsp3) is 0.259. The first kappa shape index (κ1) is 21.1. The molecule has 2 aliphatic heterocycles. The van der Waals surface area contributed by atoms with Gasteiger partial charge in [0.05, 0.1) is 31.0 Å². The van der Waals surface area contributed by atoms with E-state index in [0.29, 0.717) is 17.9 Å². The Morgan fingerprint density at radius 2 is 1.94 bits per heavy atom. The van der Waals surface area contributed by atoms with Gasteiger partial charge in [-0.2, -0.15) is 0 Å². The number of nitrogens with zero attached hydrogens (tertiary/aromatic N) is 1. The van der Waals surface area contributed by atoms with E-state index >= 15 is 0 Å². The maximum atomic E-state index is 13.2. The van der Waals surface area contributed by atoms with Crippen molar-refractivity contribution in [2.75, 3.05) is 6.61 Å². The molecular formula is C27H25NO5. The molecule has 1 N–H and O–H groups in total. The van der Waals surface area contributed by atoms with Crippen molar-refractivity contribution >= 4 is 17.4 Å². The van der Waals surface area contributed by atoms with Crippen LogP contribution in [0.5, 0.6) is 5.75 Å². The van der Waals surface area contributed by atoms with Crippen molar-refractivity contribution in [3.8, 4) is 5.75 Å². The van der Waals surface area contributed by atoms with Gasteiger partial charge >= 0.3 is 0 Å². The first-order chi connectivity index (χ1) is 16.1. The summed E-state index contributed by atoms with van der Waals surface area (Å²) in [4.78, 5) is 27.7. The van der Waals surface area contributed by atoms with Crippen molar-refractivity contribution in [1.82, 2.24) is 4.90 Å². The number of likely N-dealkylation sites (tertiary alicyclic amines) is 1. The summed E-state index contributed by atoms with van der Waals surface area (Å²) in [6.07, 6.45) is 4.15. The van der Waals surface area contributed by atoms with Gasteiger partial charge in [0.1, 0.15) is 17.3 Å². The Bertz CT molecular complexity index is 1220. The fourth-order valence-corrected chi connectivity index (χ4v) is 4.56. The smallest absolute Gasteiger partial charge is 0.296 e. The lowest BCUT2D eigenvalue weighted by atomic mass is 9.93. The normalized spacial score (nSPS) is 19.4. The van der Waals surface area contributed by atoms with Gasteiger partial charge in [0.15, 0.2) is 0 Å². The molecule has 5 rings (SSSR count). The zero-order chi connectivity index (χ0) is 22.9. The quantitative estimate of drug-likeness (QED) is 0.348. The summed E-state index contributed by atoms with van der Waals surface area (Å²) < 4.78 is 11.1. The molecule has 0 spiro atoms. The summed E-state index contributed by atoms with van der Waals surface area (Å²) in [5.41, 5.74) is 3.49. The first-order valence-electron chi connectivity index (χ1n) is 11.2. The summed E-state index contributed by atoms with van der Waals surface area (Å²) in [6.45, 7) is 2.87. The molecule has 0 radical (unpaired) electrons. The van der Waals surface area contributed by atoms with Gasteiger partial charge in [-0.25, -0.2) is 0 Å². The molecule has 2 aliphatic rings. The molecule has 1 atom stereocenters. The number of hydrogen-bond acceptors (Lipinski definition) is 5. The summed E-state index contributed by atoms with van der Waals surface area (Å²) in [5, 5.41) is 11.3. The third-order valence-electron chi connectivity index (χ3n) is 6.33. The van der Waals surface area contributed by atoms with Crippen LogP contribution in [0, 0.1) is 0 Å². The molecule has 0 saturated carbocycles. The van der Waals surface area contributed by atoms with E-state index in [1.54, 1.807) is 18.2 Å². The number of hydrogen-bond donors (Lipinski definition) is 1. The number of furan rings is 1. The van der Waals surface area contributed by atoms with E-state index in [1.807, 2.05) is 36.4 Å². The van der Waals surface area contributed by atoms with Crippen molar-refractivity contribution in [2.45, 2.75) is 38.8 Å². The van der Waals surface area contributed by atoms with E-state index in [2.05, 4.69) is 6.92 Å². The minimum atomic E-state index is -0.715. The van der Waals surface area contributed by atoms with Gasteiger partial charge in [-0.1, -0.05) is 31.2 Å². The maximum absolute atomic E-state index is 13.2. The number of Topliss-reactive ketones (excluding diaryl/α,β-unsaturated/α-hetero) is 1. The van der Waals surface area contributed by atoms with Gasteiger partial charge in [0, 0.05) is 5.56 Å². The van der Waals surface area contributed by atoms with Crippen LogP contribution >= 0.6 is 0 Å². The number of rotatable bonds is 5. The van der Waals surface area contributed by atoms with Crippen molar-refractivity contribution in [1.29, 1.82) is 0 Å². The van der Waals surface area contributed by atoms with E-state index in [-0.39, 0.29) is 17.9 Å². The molecule has 1 saturated heterocycles. The fourth-order valence-electron chi connectivity index (χ4n) is 4.56. The minimum Gasteiger partial charge on any atom is -0.507 e. The van der Waals surface area contributed by atoms with E-state index in [1.165, 1.54) is 11.2 Å². The van der Waals surface area contributed by atoms with Gasteiger partial charge in [0.25, 0.3) is 11.7 Å². The average molecular weight is 443 g/mol. The van der Waals surface area contributed by atoms with Crippen LogP contribution < -0.4 is 4.74 Å². The van der Waals surface area contributed by atoms with E-state index in [0.717, 1.165) is 41.7 Å². The van der Waals surface area contributed by atoms with Gasteiger partial charge < -0.3 is 19.2 Å². The van der Waals surface area contributed by atoms with Crippen molar-refractivity contribution in [3.05, 3.63) is 94.4 Å². The van der Waals surface area contributed by atoms with Crippen LogP contribution in [0.25, 0.3) is 5.76 Å². The Kier molecular flexibility index (Phi) is 5.50. The largest absolute Gasteiger partial charge is 0.507 e. The van der Waals surface area contributed by atoms with Crippen LogP contribution in [0.2, 0.25) is 0 Å². The summed E-state index contributed by atoms with van der Waals surface area (Å²) in [7, 11) is 0. The molecule has 3 aromatic rings. The molecule has 6 nitrogen and oxygen atoms in total. The van der Waals surface area contributed by atoms with E-state index < -0.39 is 17.7 Å². The number of ketones is 1. The number of aliphatic hydroxyl groups excluding tert-OH is 1. The molecule has 1 aromatic heterocycles. The predicted molar refractivity (Wildman–Crippen MR) is 123 cm³/mol. The Hall–Kier alpha value is -3.80. The van der Waals surface area contributed by atoms with Crippen LogP contribution in [0.15, 0.2) is 70.9 Å². The SMILES string of the molecule is CCc1ccc(C2/C(=C(/O)c3ccc4c(c3)CCCO4)C(=O)C(=O)N2Cc2ccco2)cc1. The molecular weight excluding hydrogens is 418 g/mol. The zero-order valence-electron chi connectivity index (χ0n) is 18.4. The van der Waals surface area contributed by atoms with Crippen LogP contribution in [0.4, 0.5) is 0 Å². The van der Waals surface area contributed by atoms with Gasteiger partial charge in [-0.3, -0.25) is 9.59 Å². The lowest BCUT2D eigenvalue weighted by molar-refractivity contribution is -0.140. The summed E-state index contributed by atoms with van der Waals surface area (Å²) in [6, 6.07) is 16.0. The Morgan fingerprint density at radius 3 is 2.67 bits per heavy atom. The zero-order valence-corrected chi connectivity index (χ0v) is 18.4. The molecule has 1 amide bonds. The molecule has 3 heterocycles. The van der Waals surface area contributed by atoms with Crippen LogP contribution in [-0.2, 0) is 29.0 Å². The molecule has 2 aromatic carbocycles. The highest BCUT2D eigenvalue weighted by atomic mass is 16.5. The highest BCUT2D eigenvalue weighted by Gasteiger charge is 2.46. The molecule has 0 aliphatic carbocycles. The van der Waals surface area contributed by atoms with Crippen molar-refractivity contribution < 1.29 is 23.8 Å². The molecule has 1 fully saturated rings. The Balaban J connectivity index is 1.62. The molecule has 33 heavy (non-hydrogen) atoms. The predicted octanol–water partition coefficient (Wildman–Crippen LogP) is 4.79. The Labute approximate surface area is 192 Å². The maximum Gasteiger partial charge on any atom is 0.296 e. The van der Waals surface area contributed by atoms with E-state index in [4.69, 9.17) is 9.15 Å². The molecule has 6 heteroatoms. The number of aryl methyl sites for hydroxylation is 2. The number of ether oxygens (including phenoxy) is 1. The number of aliphatic hydroxyl groups is 1. The van der Waals surface area contributed by atoms with Gasteiger partial charge in [-0.15, -0.1) is 0 Å². The molecule has 0 bridgehead atoms. The number of amides is 1. The third-order valence-corrected chi connectivity index (χ3v) is 6.33. The minimum absolute atomic E-state index is 0.0903. The second-order valence-electron chi connectivity index (χ2n) is 8.38. The van der Waals surface area contributed by atoms with Crippen molar-refractivity contribution in [2.24, 2.45) is 0 Å². The summed E-state index contributed by atoms with van der Waals surface area (Å²) in [5.74, 6) is -0.162. The number of fused-ring (bicyclic) bond motifs is 1. The number of benzene rings is 2. The third kappa shape index (κ3) is 3.82.